The van der Waals surface area contributed by atoms with E-state index in [0.29, 0.717) is 40.8 Å². The van der Waals surface area contributed by atoms with Gasteiger partial charge in [-0.1, -0.05) is 30.4 Å². The molecule has 0 radical (unpaired) electrons. The standard InChI is InChI=1S/C19H20F3N3O3S/c1-3-14-15(16(26)28-4-2)29-17(23-14)25-10-9-24(18(25)27)11-12-5-7-13(8-6-12)19(20,21)22/h5-8H,3-4,9-11H2,1-2H3. The molecule has 1 aromatic carbocycles. The molecule has 2 heterocycles. The van der Waals surface area contributed by atoms with E-state index in [-0.39, 0.29) is 19.2 Å². The fraction of sp³-hybridized carbons (Fsp3) is 0.421. The van der Waals surface area contributed by atoms with Crippen molar-refractivity contribution in [3.8, 4) is 0 Å². The van der Waals surface area contributed by atoms with Gasteiger partial charge in [-0.2, -0.15) is 13.2 Å². The zero-order valence-corrected chi connectivity index (χ0v) is 16.8. The number of ether oxygens (including phenoxy) is 1. The third-order valence-corrected chi connectivity index (χ3v) is 5.56. The SMILES string of the molecule is CCOC(=O)c1sc(N2CCN(Cc3ccc(C(F)(F)F)cc3)C2=O)nc1CC. The first-order valence-corrected chi connectivity index (χ1v) is 9.95. The van der Waals surface area contributed by atoms with E-state index in [1.807, 2.05) is 6.92 Å². The largest absolute Gasteiger partial charge is 0.462 e. The summed E-state index contributed by atoms with van der Waals surface area (Å²) in [4.78, 5) is 32.7. The minimum atomic E-state index is -4.39. The van der Waals surface area contributed by atoms with Gasteiger partial charge in [0.25, 0.3) is 0 Å². The van der Waals surface area contributed by atoms with Crippen molar-refractivity contribution in [2.45, 2.75) is 33.0 Å². The molecular formula is C19H20F3N3O3S. The van der Waals surface area contributed by atoms with Gasteiger partial charge >= 0.3 is 18.2 Å². The maximum absolute atomic E-state index is 12.8. The van der Waals surface area contributed by atoms with Crippen molar-refractivity contribution in [1.82, 2.24) is 9.88 Å². The van der Waals surface area contributed by atoms with Gasteiger partial charge in [0.05, 0.1) is 17.9 Å². The number of nitrogens with zero attached hydrogens (tertiary/aromatic N) is 3. The second kappa shape index (κ2) is 8.40. The molecule has 1 fully saturated rings. The fourth-order valence-electron chi connectivity index (χ4n) is 2.98. The Morgan fingerprint density at radius 1 is 1.21 bits per heavy atom. The molecule has 0 atom stereocenters. The highest BCUT2D eigenvalue weighted by Crippen LogP contribution is 2.31. The molecule has 3 rings (SSSR count). The summed E-state index contributed by atoms with van der Waals surface area (Å²) in [6, 6.07) is 4.46. The van der Waals surface area contributed by atoms with Gasteiger partial charge in [0.15, 0.2) is 5.13 Å². The molecule has 29 heavy (non-hydrogen) atoms. The van der Waals surface area contributed by atoms with Crippen molar-refractivity contribution in [3.63, 3.8) is 0 Å². The predicted octanol–water partition coefficient (Wildman–Crippen LogP) is 4.34. The third-order valence-electron chi connectivity index (χ3n) is 4.46. The highest BCUT2D eigenvalue weighted by molar-refractivity contribution is 7.17. The molecule has 1 saturated heterocycles. The Kier molecular flexibility index (Phi) is 6.11. The molecule has 10 heteroatoms. The van der Waals surface area contributed by atoms with Crippen LogP contribution in [-0.4, -0.2) is 41.6 Å². The number of carbonyl (C=O) groups excluding carboxylic acids is 2. The number of hydrogen-bond donors (Lipinski definition) is 0. The van der Waals surface area contributed by atoms with Gasteiger partial charge in [0.2, 0.25) is 0 Å². The minimum absolute atomic E-state index is 0.199. The van der Waals surface area contributed by atoms with Crippen molar-refractivity contribution in [1.29, 1.82) is 0 Å². The first kappa shape index (κ1) is 21.1. The quantitative estimate of drug-likeness (QED) is 0.644. The van der Waals surface area contributed by atoms with E-state index in [0.717, 1.165) is 23.5 Å². The number of rotatable bonds is 6. The van der Waals surface area contributed by atoms with E-state index in [1.54, 1.807) is 11.8 Å². The normalized spacial score (nSPS) is 14.6. The maximum Gasteiger partial charge on any atom is 0.416 e. The van der Waals surface area contributed by atoms with Crippen LogP contribution in [0.25, 0.3) is 0 Å². The Balaban J connectivity index is 1.72. The first-order valence-electron chi connectivity index (χ1n) is 9.14. The molecule has 2 amide bonds. The van der Waals surface area contributed by atoms with E-state index in [4.69, 9.17) is 4.74 Å². The van der Waals surface area contributed by atoms with Crippen LogP contribution in [0.4, 0.5) is 23.1 Å². The lowest BCUT2D eigenvalue weighted by molar-refractivity contribution is -0.137. The smallest absolute Gasteiger partial charge is 0.416 e. The average molecular weight is 427 g/mol. The molecule has 0 bridgehead atoms. The summed E-state index contributed by atoms with van der Waals surface area (Å²) < 4.78 is 43.1. The molecule has 1 aliphatic heterocycles. The predicted molar refractivity (Wildman–Crippen MR) is 102 cm³/mol. The van der Waals surface area contributed by atoms with Crippen LogP contribution in [0.3, 0.4) is 0 Å². The van der Waals surface area contributed by atoms with Gasteiger partial charge in [-0.15, -0.1) is 0 Å². The van der Waals surface area contributed by atoms with Gasteiger partial charge in [-0.05, 0) is 31.0 Å². The van der Waals surface area contributed by atoms with E-state index < -0.39 is 17.7 Å². The van der Waals surface area contributed by atoms with Crippen LogP contribution < -0.4 is 4.90 Å². The van der Waals surface area contributed by atoms with Gasteiger partial charge in [0.1, 0.15) is 4.88 Å². The average Bonchev–Trinajstić information content (AvgIpc) is 3.25. The van der Waals surface area contributed by atoms with E-state index in [2.05, 4.69) is 4.98 Å². The molecular weight excluding hydrogens is 407 g/mol. The minimum Gasteiger partial charge on any atom is -0.462 e. The lowest BCUT2D eigenvalue weighted by atomic mass is 10.1. The van der Waals surface area contributed by atoms with Crippen molar-refractivity contribution in [2.75, 3.05) is 24.6 Å². The van der Waals surface area contributed by atoms with Crippen LogP contribution in [0, 0.1) is 0 Å². The Bertz CT molecular complexity index is 896. The Hall–Kier alpha value is -2.62. The summed E-state index contributed by atoms with van der Waals surface area (Å²) in [7, 11) is 0. The zero-order chi connectivity index (χ0) is 21.2. The van der Waals surface area contributed by atoms with Gasteiger partial charge in [-0.3, -0.25) is 4.90 Å². The van der Waals surface area contributed by atoms with Gasteiger partial charge < -0.3 is 9.64 Å². The Labute approximate surface area is 169 Å². The lowest BCUT2D eigenvalue weighted by Gasteiger charge is -2.17. The summed E-state index contributed by atoms with van der Waals surface area (Å²) in [6.07, 6.45) is -3.86. The molecule has 0 aliphatic carbocycles. The van der Waals surface area contributed by atoms with E-state index in [1.165, 1.54) is 17.0 Å². The van der Waals surface area contributed by atoms with Crippen molar-refractivity contribution >= 4 is 28.5 Å². The number of aromatic nitrogens is 1. The first-order chi connectivity index (χ1) is 13.7. The Morgan fingerprint density at radius 2 is 1.90 bits per heavy atom. The summed E-state index contributed by atoms with van der Waals surface area (Å²) >= 11 is 1.11. The topological polar surface area (TPSA) is 62.7 Å². The molecule has 1 aromatic heterocycles. The number of carbonyl (C=O) groups is 2. The van der Waals surface area contributed by atoms with Gasteiger partial charge in [-0.25, -0.2) is 14.6 Å². The van der Waals surface area contributed by atoms with Crippen LogP contribution in [0.2, 0.25) is 0 Å². The number of alkyl halides is 3. The number of thiazole rings is 1. The molecule has 2 aromatic rings. The summed E-state index contributed by atoms with van der Waals surface area (Å²) in [5.74, 6) is -0.457. The van der Waals surface area contributed by atoms with Crippen molar-refractivity contribution in [2.24, 2.45) is 0 Å². The number of aryl methyl sites for hydroxylation is 1. The number of amides is 2. The number of anilines is 1. The molecule has 0 N–H and O–H groups in total. The highest BCUT2D eigenvalue weighted by Gasteiger charge is 2.34. The third kappa shape index (κ3) is 4.52. The second-order valence-corrected chi connectivity index (χ2v) is 7.37. The maximum atomic E-state index is 12.8. The number of halogens is 3. The lowest BCUT2D eigenvalue weighted by Crippen LogP contribution is -2.31. The van der Waals surface area contributed by atoms with Crippen molar-refractivity contribution in [3.05, 3.63) is 46.0 Å². The number of hydrogen-bond acceptors (Lipinski definition) is 5. The zero-order valence-electron chi connectivity index (χ0n) is 16.0. The molecule has 6 nitrogen and oxygen atoms in total. The molecule has 156 valence electrons. The van der Waals surface area contributed by atoms with Crippen molar-refractivity contribution < 1.29 is 27.5 Å². The van der Waals surface area contributed by atoms with Crippen LogP contribution >= 0.6 is 11.3 Å². The highest BCUT2D eigenvalue weighted by atomic mass is 32.1. The molecule has 1 aliphatic rings. The number of benzene rings is 1. The molecule has 0 spiro atoms. The fourth-order valence-corrected chi connectivity index (χ4v) is 4.04. The van der Waals surface area contributed by atoms with Crippen LogP contribution in [0.1, 0.15) is 40.3 Å². The molecule has 0 unspecified atom stereocenters. The second-order valence-electron chi connectivity index (χ2n) is 6.40. The summed E-state index contributed by atoms with van der Waals surface area (Å²) in [5, 5.41) is 0.421. The van der Waals surface area contributed by atoms with Crippen LogP contribution in [0.5, 0.6) is 0 Å². The number of esters is 1. The Morgan fingerprint density at radius 3 is 2.48 bits per heavy atom. The van der Waals surface area contributed by atoms with Crippen LogP contribution in [-0.2, 0) is 23.9 Å². The summed E-state index contributed by atoms with van der Waals surface area (Å²) in [6.45, 7) is 4.83. The van der Waals surface area contributed by atoms with E-state index in [9.17, 15) is 22.8 Å². The monoisotopic (exact) mass is 427 g/mol. The number of urea groups is 1. The van der Waals surface area contributed by atoms with Gasteiger partial charge in [0, 0.05) is 19.6 Å². The molecule has 0 saturated carbocycles. The van der Waals surface area contributed by atoms with E-state index >= 15 is 0 Å². The summed E-state index contributed by atoms with van der Waals surface area (Å²) in [5.41, 5.74) is 0.461. The van der Waals surface area contributed by atoms with Crippen LogP contribution in [0.15, 0.2) is 24.3 Å².